The normalized spacial score (nSPS) is 13.3. The lowest BCUT2D eigenvalue weighted by Crippen LogP contribution is -2.35. The first-order chi connectivity index (χ1) is 7.31. The smallest absolute Gasteiger partial charge is 0.285 e. The number of nitrogens with one attached hydrogen (secondary N) is 2. The van der Waals surface area contributed by atoms with Crippen molar-refractivity contribution in [3.05, 3.63) is 35.9 Å². The Balaban J connectivity index is 2.33. The van der Waals surface area contributed by atoms with Crippen LogP contribution in [0.2, 0.25) is 0 Å². The van der Waals surface area contributed by atoms with Gasteiger partial charge in [0.05, 0.1) is 5.69 Å². The second-order valence-corrected chi connectivity index (χ2v) is 3.00. The van der Waals surface area contributed by atoms with Crippen LogP contribution in [0.3, 0.4) is 0 Å². The number of carbonyl (C=O) groups excluding carboxylic acids is 1. The van der Waals surface area contributed by atoms with Gasteiger partial charge < -0.3 is 0 Å². The molecular weight excluding hydrogens is 192 g/mol. The van der Waals surface area contributed by atoms with Crippen molar-refractivity contribution in [2.45, 2.75) is 0 Å². The molecule has 4 N–H and O–H groups in total. The lowest BCUT2D eigenvalue weighted by atomic mass is 10.1. The number of anilines is 1. The highest BCUT2D eigenvalue weighted by atomic mass is 16.2. The summed E-state index contributed by atoms with van der Waals surface area (Å²) in [5.74, 6) is 4.59. The molecule has 0 saturated heterocycles. The van der Waals surface area contributed by atoms with Crippen LogP contribution in [-0.4, -0.2) is 11.6 Å². The van der Waals surface area contributed by atoms with Gasteiger partial charge in [0, 0.05) is 0 Å². The zero-order valence-electron chi connectivity index (χ0n) is 7.90. The summed E-state index contributed by atoms with van der Waals surface area (Å²) in [7, 11) is 0. The van der Waals surface area contributed by atoms with Gasteiger partial charge in [0.2, 0.25) is 0 Å². The molecule has 0 aromatic heterocycles. The van der Waals surface area contributed by atoms with Gasteiger partial charge in [-0.15, -0.1) is 0 Å². The van der Waals surface area contributed by atoms with Crippen LogP contribution >= 0.6 is 0 Å². The number of hydrogen-bond donors (Lipinski definition) is 3. The van der Waals surface area contributed by atoms with Gasteiger partial charge in [-0.1, -0.05) is 24.3 Å². The number of nitrogens with zero attached hydrogens (tertiary/aromatic N) is 1. The van der Waals surface area contributed by atoms with Crippen LogP contribution < -0.4 is 16.7 Å². The van der Waals surface area contributed by atoms with Crippen LogP contribution in [0.25, 0.3) is 6.08 Å². The molecule has 0 unspecified atom stereocenters. The van der Waals surface area contributed by atoms with Crippen molar-refractivity contribution < 1.29 is 4.79 Å². The monoisotopic (exact) mass is 202 g/mol. The lowest BCUT2D eigenvalue weighted by molar-refractivity contribution is -0.114. The Kier molecular flexibility index (Phi) is 2.47. The Labute approximate surface area is 86.6 Å². The number of amides is 1. The highest BCUT2D eigenvalue weighted by Crippen LogP contribution is 2.18. The van der Waals surface area contributed by atoms with Crippen LogP contribution in [-0.2, 0) is 4.79 Å². The molecule has 0 spiro atoms. The van der Waals surface area contributed by atoms with Crippen LogP contribution in [0.5, 0.6) is 0 Å². The minimum absolute atomic E-state index is 0.244. The number of carbonyl (C=O) groups is 1. The van der Waals surface area contributed by atoms with Gasteiger partial charge in [-0.25, -0.2) is 5.84 Å². The van der Waals surface area contributed by atoms with Crippen molar-refractivity contribution >= 4 is 23.4 Å². The third-order valence-corrected chi connectivity index (χ3v) is 2.04. The van der Waals surface area contributed by atoms with E-state index in [4.69, 9.17) is 5.84 Å². The number of hydrazine groups is 1. The van der Waals surface area contributed by atoms with Crippen LogP contribution in [0.1, 0.15) is 5.56 Å². The minimum Gasteiger partial charge on any atom is -0.289 e. The Morgan fingerprint density at radius 1 is 1.33 bits per heavy atom. The van der Waals surface area contributed by atoms with E-state index in [1.54, 1.807) is 6.08 Å². The topological polar surface area (TPSA) is 79.5 Å². The van der Waals surface area contributed by atoms with Gasteiger partial charge in [-0.3, -0.25) is 15.6 Å². The van der Waals surface area contributed by atoms with Crippen molar-refractivity contribution in [2.24, 2.45) is 10.9 Å². The SMILES string of the molecule is NNC(=O)C1=NNc2ccccc2C=C1. The fourth-order valence-electron chi connectivity index (χ4n) is 1.27. The van der Waals surface area contributed by atoms with E-state index in [9.17, 15) is 4.79 Å². The van der Waals surface area contributed by atoms with Crippen molar-refractivity contribution in [2.75, 3.05) is 5.43 Å². The minimum atomic E-state index is -0.424. The molecule has 1 aromatic rings. The lowest BCUT2D eigenvalue weighted by Gasteiger charge is -2.02. The molecule has 0 bridgehead atoms. The zero-order chi connectivity index (χ0) is 10.7. The molecule has 1 aliphatic heterocycles. The second kappa shape index (κ2) is 3.93. The summed E-state index contributed by atoms with van der Waals surface area (Å²) in [5.41, 5.74) is 6.90. The average Bonchev–Trinajstić information content (AvgIpc) is 2.50. The van der Waals surface area contributed by atoms with Crippen LogP contribution in [0.15, 0.2) is 35.4 Å². The van der Waals surface area contributed by atoms with E-state index in [-0.39, 0.29) is 5.71 Å². The Morgan fingerprint density at radius 2 is 2.13 bits per heavy atom. The molecule has 5 nitrogen and oxygen atoms in total. The molecular formula is C10H10N4O. The van der Waals surface area contributed by atoms with E-state index in [1.165, 1.54) is 0 Å². The third-order valence-electron chi connectivity index (χ3n) is 2.04. The average molecular weight is 202 g/mol. The van der Waals surface area contributed by atoms with E-state index in [1.807, 2.05) is 35.8 Å². The number of hydrogen-bond acceptors (Lipinski definition) is 4. The molecule has 5 heteroatoms. The van der Waals surface area contributed by atoms with Crippen molar-refractivity contribution in [3.63, 3.8) is 0 Å². The fourth-order valence-corrected chi connectivity index (χ4v) is 1.27. The summed E-state index contributed by atoms with van der Waals surface area (Å²) < 4.78 is 0. The summed E-state index contributed by atoms with van der Waals surface area (Å²) in [6, 6.07) is 7.62. The maximum Gasteiger partial charge on any atom is 0.285 e. The van der Waals surface area contributed by atoms with E-state index >= 15 is 0 Å². The first-order valence-corrected chi connectivity index (χ1v) is 4.43. The third kappa shape index (κ3) is 1.87. The summed E-state index contributed by atoms with van der Waals surface area (Å²) >= 11 is 0. The molecule has 76 valence electrons. The number of hydrazone groups is 1. The second-order valence-electron chi connectivity index (χ2n) is 3.00. The molecule has 1 amide bonds. The highest BCUT2D eigenvalue weighted by Gasteiger charge is 2.09. The number of fused-ring (bicyclic) bond motifs is 1. The molecule has 0 saturated carbocycles. The van der Waals surface area contributed by atoms with E-state index in [0.29, 0.717) is 0 Å². The molecule has 1 aliphatic rings. The Bertz CT molecular complexity index is 450. The number of rotatable bonds is 1. The number of nitrogens with two attached hydrogens (primary N) is 1. The van der Waals surface area contributed by atoms with Gasteiger partial charge in [0.1, 0.15) is 5.71 Å². The van der Waals surface area contributed by atoms with Crippen molar-refractivity contribution in [1.29, 1.82) is 0 Å². The summed E-state index contributed by atoms with van der Waals surface area (Å²) in [4.78, 5) is 11.2. The molecule has 0 atom stereocenters. The van der Waals surface area contributed by atoms with Gasteiger partial charge in [0.15, 0.2) is 0 Å². The molecule has 1 aromatic carbocycles. The van der Waals surface area contributed by atoms with Crippen LogP contribution in [0, 0.1) is 0 Å². The van der Waals surface area contributed by atoms with Gasteiger partial charge in [0.25, 0.3) is 5.91 Å². The van der Waals surface area contributed by atoms with E-state index < -0.39 is 5.91 Å². The standard InChI is InChI=1S/C10H10N4O/c11-12-10(15)9-6-5-7-3-1-2-4-8(7)13-14-9/h1-6,13H,11H2,(H,12,15). The highest BCUT2D eigenvalue weighted by molar-refractivity contribution is 6.44. The molecule has 2 rings (SSSR count). The number of benzene rings is 1. The van der Waals surface area contributed by atoms with Crippen molar-refractivity contribution in [3.8, 4) is 0 Å². The van der Waals surface area contributed by atoms with E-state index in [2.05, 4.69) is 10.5 Å². The first-order valence-electron chi connectivity index (χ1n) is 4.43. The summed E-state index contributed by atoms with van der Waals surface area (Å²) in [5, 5.41) is 3.92. The summed E-state index contributed by atoms with van der Waals surface area (Å²) in [6.07, 6.45) is 3.42. The van der Waals surface area contributed by atoms with Crippen molar-refractivity contribution in [1.82, 2.24) is 5.43 Å². The molecule has 1 heterocycles. The largest absolute Gasteiger partial charge is 0.289 e. The molecule has 15 heavy (non-hydrogen) atoms. The quantitative estimate of drug-likeness (QED) is 0.352. The predicted octanol–water partition coefficient (Wildman–Crippen LogP) is 0.471. The van der Waals surface area contributed by atoms with Crippen LogP contribution in [0.4, 0.5) is 5.69 Å². The van der Waals surface area contributed by atoms with E-state index in [0.717, 1.165) is 11.3 Å². The Morgan fingerprint density at radius 3 is 2.93 bits per heavy atom. The predicted molar refractivity (Wildman–Crippen MR) is 58.9 cm³/mol. The molecule has 0 radical (unpaired) electrons. The summed E-state index contributed by atoms with van der Waals surface area (Å²) in [6.45, 7) is 0. The number of para-hydroxylation sites is 1. The zero-order valence-corrected chi connectivity index (χ0v) is 7.90. The van der Waals surface area contributed by atoms with Gasteiger partial charge >= 0.3 is 0 Å². The Hall–Kier alpha value is -2.14. The van der Waals surface area contributed by atoms with Gasteiger partial charge in [-0.2, -0.15) is 5.10 Å². The molecule has 0 aliphatic carbocycles. The first kappa shape index (κ1) is 9.42. The molecule has 0 fully saturated rings. The fraction of sp³-hybridized carbons (Fsp3) is 0. The van der Waals surface area contributed by atoms with Gasteiger partial charge in [-0.05, 0) is 17.7 Å². The maximum atomic E-state index is 11.2. The maximum absolute atomic E-state index is 11.2.